The number of hydrogen-bond donors (Lipinski definition) is 2. The number of rotatable bonds is 8. The van der Waals surface area contributed by atoms with Gasteiger partial charge in [-0.05, 0) is 105 Å². The number of ether oxygens (including phenoxy) is 2. The Morgan fingerprint density at radius 3 is 2.60 bits per heavy atom. The van der Waals surface area contributed by atoms with Crippen LogP contribution in [-0.4, -0.2) is 36.0 Å². The molecule has 0 fully saturated rings. The van der Waals surface area contributed by atoms with Crippen molar-refractivity contribution in [1.29, 1.82) is 0 Å². The molecule has 0 aromatic heterocycles. The highest BCUT2D eigenvalue weighted by molar-refractivity contribution is 6.31. The number of dihydropyridines is 1. The number of anilines is 1. The van der Waals surface area contributed by atoms with Gasteiger partial charge in [-0.1, -0.05) is 40.9 Å². The molecule has 0 spiro atoms. The van der Waals surface area contributed by atoms with Gasteiger partial charge in [-0.15, -0.1) is 0 Å². The first-order valence-corrected chi connectivity index (χ1v) is 14.6. The molecular weight excluding hydrogens is 571 g/mol. The number of aliphatic imine (C=N–C) groups is 1. The molecular formula is C33H32Cl2N4O3. The predicted octanol–water partition coefficient (Wildman–Crippen LogP) is 7.44. The van der Waals surface area contributed by atoms with E-state index in [4.69, 9.17) is 44.1 Å². The van der Waals surface area contributed by atoms with Crippen LogP contribution < -0.4 is 20.9 Å². The molecule has 2 heterocycles. The zero-order valence-electron chi connectivity index (χ0n) is 23.3. The van der Waals surface area contributed by atoms with E-state index in [1.54, 1.807) is 41.3 Å². The minimum Gasteiger partial charge on any atom is -0.485 e. The Balaban J connectivity index is 1.30. The zero-order chi connectivity index (χ0) is 29.6. The number of hydrogen-bond acceptors (Lipinski definition) is 6. The van der Waals surface area contributed by atoms with Crippen LogP contribution in [0, 0.1) is 12.1 Å². The van der Waals surface area contributed by atoms with E-state index in [0.717, 1.165) is 36.0 Å². The molecule has 9 heteroatoms. The van der Waals surface area contributed by atoms with Crippen LogP contribution in [0.1, 0.15) is 49.8 Å². The average Bonchev–Trinajstić information content (AvgIpc) is 2.97. The number of nitrogen functional groups attached to an aromatic ring is 1. The van der Waals surface area contributed by atoms with E-state index in [2.05, 4.69) is 24.0 Å². The molecule has 0 aliphatic carbocycles. The van der Waals surface area contributed by atoms with E-state index < -0.39 is 12.1 Å². The van der Waals surface area contributed by atoms with Crippen molar-refractivity contribution in [2.45, 2.75) is 44.7 Å². The summed E-state index contributed by atoms with van der Waals surface area (Å²) in [6.07, 6.45) is 6.66. The zero-order valence-corrected chi connectivity index (χ0v) is 24.8. The number of amides is 1. The van der Waals surface area contributed by atoms with Crippen molar-refractivity contribution in [2.24, 2.45) is 10.7 Å². The SMILES string of the molecule is CC1=CC(N)=NC(CCCOc2c#cc(C3C=C(c4cc(Cl)ccc4N)CCN3C(=O)Oc3ccc(Cl)cc3)cc2)C1. The summed E-state index contributed by atoms with van der Waals surface area (Å²) in [7, 11) is 0. The second-order valence-corrected chi connectivity index (χ2v) is 11.3. The summed E-state index contributed by atoms with van der Waals surface area (Å²) in [4.78, 5) is 19.5. The third kappa shape index (κ3) is 7.39. The van der Waals surface area contributed by atoms with Gasteiger partial charge in [0.15, 0.2) is 5.75 Å². The summed E-state index contributed by atoms with van der Waals surface area (Å²) in [5.41, 5.74) is 16.6. The lowest BCUT2D eigenvalue weighted by Gasteiger charge is -2.33. The van der Waals surface area contributed by atoms with Crippen LogP contribution in [0.25, 0.3) is 5.57 Å². The van der Waals surface area contributed by atoms with E-state index in [1.807, 2.05) is 30.4 Å². The normalized spacial score (nSPS) is 18.4. The summed E-state index contributed by atoms with van der Waals surface area (Å²) in [6.45, 7) is 3.01. The van der Waals surface area contributed by atoms with Crippen LogP contribution >= 0.6 is 23.2 Å². The summed E-state index contributed by atoms with van der Waals surface area (Å²) < 4.78 is 11.6. The highest BCUT2D eigenvalue weighted by atomic mass is 35.5. The van der Waals surface area contributed by atoms with Gasteiger partial charge in [-0.2, -0.15) is 0 Å². The molecule has 7 nitrogen and oxygen atoms in total. The van der Waals surface area contributed by atoms with E-state index >= 15 is 0 Å². The maximum atomic E-state index is 13.3. The van der Waals surface area contributed by atoms with Gasteiger partial charge in [0.05, 0.1) is 18.7 Å². The number of nitrogens with zero attached hydrogens (tertiary/aromatic N) is 2. The summed E-state index contributed by atoms with van der Waals surface area (Å²) in [5, 5.41) is 1.15. The molecule has 1 amide bonds. The maximum Gasteiger partial charge on any atom is 0.416 e. The topological polar surface area (TPSA) is 103 Å². The second-order valence-electron chi connectivity index (χ2n) is 10.4. The summed E-state index contributed by atoms with van der Waals surface area (Å²) >= 11 is 12.3. The van der Waals surface area contributed by atoms with Crippen LogP contribution in [0.3, 0.4) is 0 Å². The molecule has 0 saturated heterocycles. The van der Waals surface area contributed by atoms with Crippen molar-refractivity contribution in [2.75, 3.05) is 18.9 Å². The fourth-order valence-corrected chi connectivity index (χ4v) is 5.48. The standard InChI is InChI=1S/C33H32Cl2N4O3/c1-21-17-26(38-32(37)18-21)3-2-16-41-27-9-4-22(5-10-27)31-19-23(29-20-25(35)8-13-30(29)36)14-15-39(31)33(40)42-28-11-6-24(34)7-12-28/h4,6-9,11-13,18-20,26,31H,2-3,14-17,36H2,1H3,(H2,37,38). The van der Waals surface area contributed by atoms with Crippen molar-refractivity contribution in [1.82, 2.24) is 4.90 Å². The predicted molar refractivity (Wildman–Crippen MR) is 168 cm³/mol. The first-order valence-electron chi connectivity index (χ1n) is 13.8. The molecule has 4 N–H and O–H groups in total. The van der Waals surface area contributed by atoms with E-state index in [9.17, 15) is 4.79 Å². The Hall–Kier alpha value is -4.12. The Morgan fingerprint density at radius 1 is 1.07 bits per heavy atom. The van der Waals surface area contributed by atoms with Gasteiger partial charge in [-0.25, -0.2) is 4.79 Å². The Labute approximate surface area is 256 Å². The van der Waals surface area contributed by atoms with Crippen molar-refractivity contribution in [3.8, 4) is 11.5 Å². The highest BCUT2D eigenvalue weighted by Gasteiger charge is 2.30. The molecule has 5 rings (SSSR count). The third-order valence-corrected chi connectivity index (χ3v) is 7.70. The van der Waals surface area contributed by atoms with Crippen LogP contribution in [0.4, 0.5) is 10.5 Å². The lowest BCUT2D eigenvalue weighted by atomic mass is 9.92. The quantitative estimate of drug-likeness (QED) is 0.206. The Kier molecular flexibility index (Phi) is 9.26. The van der Waals surface area contributed by atoms with Gasteiger partial charge in [0.2, 0.25) is 0 Å². The number of benzene rings is 2. The van der Waals surface area contributed by atoms with Gasteiger partial charge in [0.25, 0.3) is 0 Å². The largest absolute Gasteiger partial charge is 0.485 e. The monoisotopic (exact) mass is 602 g/mol. The molecule has 0 saturated carbocycles. The minimum absolute atomic E-state index is 0.191. The molecule has 2 aliphatic heterocycles. The number of carbonyl (C=O) groups is 1. The van der Waals surface area contributed by atoms with E-state index in [-0.39, 0.29) is 6.04 Å². The second kappa shape index (κ2) is 13.2. The van der Waals surface area contributed by atoms with Gasteiger partial charge in [0.1, 0.15) is 11.6 Å². The number of halogens is 2. The fourth-order valence-electron chi connectivity index (χ4n) is 5.18. The van der Waals surface area contributed by atoms with Gasteiger partial charge >= 0.3 is 6.09 Å². The van der Waals surface area contributed by atoms with E-state index in [0.29, 0.717) is 52.6 Å². The van der Waals surface area contributed by atoms with Crippen LogP contribution in [-0.2, 0) is 0 Å². The molecule has 0 radical (unpaired) electrons. The average molecular weight is 604 g/mol. The Morgan fingerprint density at radius 2 is 1.86 bits per heavy atom. The first kappa shape index (κ1) is 29.4. The highest BCUT2D eigenvalue weighted by Crippen LogP contribution is 2.37. The number of amidine groups is 1. The molecule has 0 bridgehead atoms. The molecule has 42 heavy (non-hydrogen) atoms. The molecule has 2 atom stereocenters. The Bertz CT molecular complexity index is 1520. The lowest BCUT2D eigenvalue weighted by molar-refractivity contribution is 0.140. The molecule has 3 aromatic rings. The smallest absolute Gasteiger partial charge is 0.416 e. The van der Waals surface area contributed by atoms with Crippen molar-refractivity contribution in [3.05, 3.63) is 106 Å². The number of nitrogens with two attached hydrogens (primary N) is 2. The van der Waals surface area contributed by atoms with Crippen LogP contribution in [0.2, 0.25) is 10.0 Å². The minimum atomic E-state index is -0.485. The van der Waals surface area contributed by atoms with Crippen molar-refractivity contribution in [3.63, 3.8) is 0 Å². The maximum absolute atomic E-state index is 13.3. The van der Waals surface area contributed by atoms with Gasteiger partial charge < -0.3 is 20.9 Å². The summed E-state index contributed by atoms with van der Waals surface area (Å²) in [5.74, 6) is 1.58. The van der Waals surface area contributed by atoms with E-state index in [1.165, 1.54) is 5.57 Å². The van der Waals surface area contributed by atoms with Gasteiger partial charge in [-0.3, -0.25) is 9.89 Å². The molecule has 3 aromatic carbocycles. The van der Waals surface area contributed by atoms with Gasteiger partial charge in [0, 0.05) is 33.4 Å². The van der Waals surface area contributed by atoms with Crippen molar-refractivity contribution >= 4 is 46.4 Å². The van der Waals surface area contributed by atoms with Crippen LogP contribution in [0.15, 0.2) is 77.3 Å². The first-order chi connectivity index (χ1) is 20.2. The third-order valence-electron chi connectivity index (χ3n) is 7.22. The lowest BCUT2D eigenvalue weighted by Crippen LogP contribution is -2.39. The van der Waals surface area contributed by atoms with Crippen LogP contribution in [0.5, 0.6) is 11.5 Å². The number of carbonyl (C=O) groups excluding carboxylic acids is 1. The molecule has 2 unspecified atom stereocenters. The summed E-state index contributed by atoms with van der Waals surface area (Å²) in [6, 6.07) is 21.8. The van der Waals surface area contributed by atoms with Crippen molar-refractivity contribution < 1.29 is 14.3 Å². The fraction of sp³-hybridized carbons (Fsp3) is 0.273. The molecule has 216 valence electrons. The molecule has 2 aliphatic rings.